The van der Waals surface area contributed by atoms with Gasteiger partial charge in [0.1, 0.15) is 5.75 Å². The SMILES string of the molecule is CC(=O)c1ccc(OCC(C)C)c(CSC(=N)N)c1. The predicted octanol–water partition coefficient (Wildman–Crippen LogP) is 3.05. The second-order valence-electron chi connectivity index (χ2n) is 4.74. The van der Waals surface area contributed by atoms with Gasteiger partial charge in [-0.25, -0.2) is 0 Å². The number of carbonyl (C=O) groups excluding carboxylic acids is 1. The highest BCUT2D eigenvalue weighted by atomic mass is 32.2. The number of nitrogens with two attached hydrogens (primary N) is 1. The van der Waals surface area contributed by atoms with Gasteiger partial charge in [0.25, 0.3) is 0 Å². The Labute approximate surface area is 118 Å². The van der Waals surface area contributed by atoms with Crippen molar-refractivity contribution >= 4 is 22.7 Å². The van der Waals surface area contributed by atoms with Crippen LogP contribution in [-0.4, -0.2) is 17.6 Å². The molecule has 0 atom stereocenters. The first kappa shape index (κ1) is 15.6. The van der Waals surface area contributed by atoms with Crippen molar-refractivity contribution in [2.45, 2.75) is 26.5 Å². The summed E-state index contributed by atoms with van der Waals surface area (Å²) in [4.78, 5) is 11.4. The summed E-state index contributed by atoms with van der Waals surface area (Å²) in [5.41, 5.74) is 6.89. The zero-order valence-corrected chi connectivity index (χ0v) is 12.3. The topological polar surface area (TPSA) is 76.2 Å². The zero-order chi connectivity index (χ0) is 14.4. The average molecular weight is 280 g/mol. The van der Waals surface area contributed by atoms with Gasteiger partial charge in [0.15, 0.2) is 11.0 Å². The van der Waals surface area contributed by atoms with Gasteiger partial charge in [-0.05, 0) is 31.0 Å². The van der Waals surface area contributed by atoms with Crippen molar-refractivity contribution in [3.05, 3.63) is 29.3 Å². The number of Topliss-reactive ketones (excluding diaryl/α,β-unsaturated/α-hetero) is 1. The molecule has 4 nitrogen and oxygen atoms in total. The predicted molar refractivity (Wildman–Crippen MR) is 80.0 cm³/mol. The highest BCUT2D eigenvalue weighted by Gasteiger charge is 2.09. The number of carbonyl (C=O) groups is 1. The zero-order valence-electron chi connectivity index (χ0n) is 11.5. The average Bonchev–Trinajstić information content (AvgIpc) is 2.33. The number of amidine groups is 1. The Bertz CT molecular complexity index is 473. The number of benzene rings is 1. The lowest BCUT2D eigenvalue weighted by atomic mass is 10.1. The van der Waals surface area contributed by atoms with Crippen LogP contribution in [0, 0.1) is 11.3 Å². The third-order valence-corrected chi connectivity index (χ3v) is 3.19. The first-order valence-corrected chi connectivity index (χ1v) is 7.12. The lowest BCUT2D eigenvalue weighted by Gasteiger charge is -2.13. The molecule has 0 radical (unpaired) electrons. The van der Waals surface area contributed by atoms with Crippen LogP contribution >= 0.6 is 11.8 Å². The highest BCUT2D eigenvalue weighted by Crippen LogP contribution is 2.25. The van der Waals surface area contributed by atoms with E-state index in [4.69, 9.17) is 15.9 Å². The molecule has 5 heteroatoms. The van der Waals surface area contributed by atoms with Gasteiger partial charge >= 0.3 is 0 Å². The van der Waals surface area contributed by atoms with E-state index in [9.17, 15) is 4.79 Å². The van der Waals surface area contributed by atoms with Crippen LogP contribution in [0.4, 0.5) is 0 Å². The number of hydrogen-bond acceptors (Lipinski definition) is 4. The molecule has 0 bridgehead atoms. The van der Waals surface area contributed by atoms with Crippen LogP contribution in [0.15, 0.2) is 18.2 Å². The van der Waals surface area contributed by atoms with E-state index in [0.29, 0.717) is 23.8 Å². The molecule has 104 valence electrons. The van der Waals surface area contributed by atoms with Gasteiger partial charge < -0.3 is 10.5 Å². The molecule has 19 heavy (non-hydrogen) atoms. The van der Waals surface area contributed by atoms with Crippen molar-refractivity contribution < 1.29 is 9.53 Å². The van der Waals surface area contributed by atoms with Crippen molar-refractivity contribution in [1.29, 1.82) is 5.41 Å². The van der Waals surface area contributed by atoms with Gasteiger partial charge in [0, 0.05) is 16.9 Å². The van der Waals surface area contributed by atoms with Crippen LogP contribution in [-0.2, 0) is 5.75 Å². The quantitative estimate of drug-likeness (QED) is 0.477. The molecule has 0 aliphatic heterocycles. The lowest BCUT2D eigenvalue weighted by Crippen LogP contribution is -2.08. The van der Waals surface area contributed by atoms with E-state index < -0.39 is 0 Å². The summed E-state index contributed by atoms with van der Waals surface area (Å²) in [6.45, 7) is 6.31. The van der Waals surface area contributed by atoms with Gasteiger partial charge in [-0.3, -0.25) is 10.2 Å². The third kappa shape index (κ3) is 5.34. The summed E-state index contributed by atoms with van der Waals surface area (Å²) < 4.78 is 5.73. The van der Waals surface area contributed by atoms with Crippen LogP contribution < -0.4 is 10.5 Å². The standard InChI is InChI=1S/C14H20N2O2S/c1-9(2)7-18-13-5-4-11(10(3)17)6-12(13)8-19-14(15)16/h4-6,9H,7-8H2,1-3H3,(H3,15,16). The van der Waals surface area contributed by atoms with E-state index in [1.807, 2.05) is 12.1 Å². The Morgan fingerprint density at radius 2 is 2.16 bits per heavy atom. The minimum Gasteiger partial charge on any atom is -0.493 e. The van der Waals surface area contributed by atoms with Gasteiger partial charge in [0.2, 0.25) is 0 Å². The maximum Gasteiger partial charge on any atom is 0.159 e. The molecule has 0 aliphatic rings. The summed E-state index contributed by atoms with van der Waals surface area (Å²) >= 11 is 1.22. The second kappa shape index (κ2) is 7.19. The number of thioether (sulfide) groups is 1. The first-order valence-electron chi connectivity index (χ1n) is 6.13. The molecule has 0 amide bonds. The maximum absolute atomic E-state index is 11.4. The molecule has 0 saturated carbocycles. The first-order chi connectivity index (χ1) is 8.90. The molecule has 1 aromatic rings. The Morgan fingerprint density at radius 1 is 1.47 bits per heavy atom. The summed E-state index contributed by atoms with van der Waals surface area (Å²) in [6.07, 6.45) is 0. The van der Waals surface area contributed by atoms with E-state index in [1.54, 1.807) is 6.07 Å². The van der Waals surface area contributed by atoms with E-state index in [0.717, 1.165) is 11.3 Å². The van der Waals surface area contributed by atoms with Gasteiger partial charge in [-0.2, -0.15) is 0 Å². The largest absolute Gasteiger partial charge is 0.493 e. The second-order valence-corrected chi connectivity index (χ2v) is 5.75. The molecule has 0 spiro atoms. The smallest absolute Gasteiger partial charge is 0.159 e. The summed E-state index contributed by atoms with van der Waals surface area (Å²) in [7, 11) is 0. The number of hydrogen-bond donors (Lipinski definition) is 2. The minimum absolute atomic E-state index is 0.0180. The molecule has 3 N–H and O–H groups in total. The van der Waals surface area contributed by atoms with Crippen molar-refractivity contribution in [1.82, 2.24) is 0 Å². The number of ether oxygens (including phenoxy) is 1. The molecule has 1 aromatic carbocycles. The van der Waals surface area contributed by atoms with Gasteiger partial charge in [0.05, 0.1) is 6.61 Å². The molecular formula is C14H20N2O2S. The van der Waals surface area contributed by atoms with E-state index >= 15 is 0 Å². The third-order valence-electron chi connectivity index (χ3n) is 2.42. The minimum atomic E-state index is 0.0180. The van der Waals surface area contributed by atoms with Gasteiger partial charge in [-0.1, -0.05) is 25.6 Å². The van der Waals surface area contributed by atoms with E-state index in [2.05, 4.69) is 13.8 Å². The van der Waals surface area contributed by atoms with Crippen LogP contribution in [0.3, 0.4) is 0 Å². The van der Waals surface area contributed by atoms with Crippen molar-refractivity contribution in [2.75, 3.05) is 6.61 Å². The number of nitrogens with one attached hydrogen (secondary N) is 1. The lowest BCUT2D eigenvalue weighted by molar-refractivity contribution is 0.101. The fraction of sp³-hybridized carbons (Fsp3) is 0.429. The number of ketones is 1. The maximum atomic E-state index is 11.4. The molecule has 0 aromatic heterocycles. The Morgan fingerprint density at radius 3 is 2.68 bits per heavy atom. The highest BCUT2D eigenvalue weighted by molar-refractivity contribution is 8.13. The molecule has 0 saturated heterocycles. The van der Waals surface area contributed by atoms with E-state index in [-0.39, 0.29) is 11.0 Å². The van der Waals surface area contributed by atoms with Crippen LogP contribution in [0.5, 0.6) is 5.75 Å². The summed E-state index contributed by atoms with van der Waals surface area (Å²) in [6, 6.07) is 5.39. The molecular weight excluding hydrogens is 260 g/mol. The fourth-order valence-corrected chi connectivity index (χ4v) is 2.00. The van der Waals surface area contributed by atoms with Gasteiger partial charge in [-0.15, -0.1) is 0 Å². The summed E-state index contributed by atoms with van der Waals surface area (Å²) in [5, 5.41) is 7.31. The fourth-order valence-electron chi connectivity index (χ4n) is 1.46. The number of rotatable bonds is 6. The molecule has 1 rings (SSSR count). The van der Waals surface area contributed by atoms with Crippen LogP contribution in [0.1, 0.15) is 36.7 Å². The molecule has 0 heterocycles. The molecule has 0 unspecified atom stereocenters. The van der Waals surface area contributed by atoms with Crippen LogP contribution in [0.25, 0.3) is 0 Å². The monoisotopic (exact) mass is 280 g/mol. The van der Waals surface area contributed by atoms with Crippen LogP contribution in [0.2, 0.25) is 0 Å². The van der Waals surface area contributed by atoms with Crippen molar-refractivity contribution in [2.24, 2.45) is 11.7 Å². The summed E-state index contributed by atoms with van der Waals surface area (Å²) in [5.74, 6) is 1.74. The Balaban J connectivity index is 2.93. The van der Waals surface area contributed by atoms with E-state index in [1.165, 1.54) is 18.7 Å². The molecule has 0 aliphatic carbocycles. The van der Waals surface area contributed by atoms with Crippen molar-refractivity contribution in [3.8, 4) is 5.75 Å². The molecule has 0 fully saturated rings. The Hall–Kier alpha value is -1.49. The Kier molecular flexibility index (Phi) is 5.89. The van der Waals surface area contributed by atoms with Crippen molar-refractivity contribution in [3.63, 3.8) is 0 Å². The normalized spacial score (nSPS) is 10.5.